The third kappa shape index (κ3) is 2.16. The van der Waals surface area contributed by atoms with Crippen molar-refractivity contribution in [2.75, 3.05) is 7.05 Å². The van der Waals surface area contributed by atoms with Crippen LogP contribution in [0.15, 0.2) is 47.8 Å². The van der Waals surface area contributed by atoms with Crippen LogP contribution in [0, 0.1) is 0 Å². The number of rotatable bonds is 2. The molecule has 1 aromatic heterocycles. The molecule has 1 saturated heterocycles. The molecule has 1 aromatic carbocycles. The van der Waals surface area contributed by atoms with Gasteiger partial charge in [-0.25, -0.2) is 0 Å². The number of hydrazine groups is 1. The monoisotopic (exact) mass is 285 g/mol. The Morgan fingerprint density at radius 2 is 2.00 bits per heavy atom. The highest BCUT2D eigenvalue weighted by Gasteiger charge is 2.42. The minimum atomic E-state index is 0.0933. The molecule has 2 aromatic rings. The molecule has 4 heteroatoms. The van der Waals surface area contributed by atoms with Gasteiger partial charge in [0.15, 0.2) is 0 Å². The SMILES string of the molecule is C/C(c1cccs1)=[N+]1\C(c2ccccc2)CC(=O)N1C. The minimum absolute atomic E-state index is 0.0933. The number of amides is 1. The van der Waals surface area contributed by atoms with Crippen LogP contribution in [0.1, 0.15) is 29.8 Å². The third-order valence-corrected chi connectivity index (χ3v) is 4.73. The van der Waals surface area contributed by atoms with Gasteiger partial charge in [-0.1, -0.05) is 36.4 Å². The molecule has 102 valence electrons. The maximum absolute atomic E-state index is 12.1. The second kappa shape index (κ2) is 5.21. The topological polar surface area (TPSA) is 23.3 Å². The minimum Gasteiger partial charge on any atom is -0.269 e. The summed E-state index contributed by atoms with van der Waals surface area (Å²) in [6.45, 7) is 2.08. The Hall–Kier alpha value is -1.94. The number of carbonyl (C=O) groups excluding carboxylic acids is 1. The van der Waals surface area contributed by atoms with Gasteiger partial charge < -0.3 is 0 Å². The Labute approximate surface area is 122 Å². The number of nitrogens with zero attached hydrogens (tertiary/aromatic N) is 2. The third-order valence-electron chi connectivity index (χ3n) is 3.75. The molecule has 1 aliphatic heterocycles. The molecule has 0 spiro atoms. The van der Waals surface area contributed by atoms with Gasteiger partial charge >= 0.3 is 0 Å². The lowest BCUT2D eigenvalue weighted by Crippen LogP contribution is -2.32. The average molecular weight is 285 g/mol. The van der Waals surface area contributed by atoms with Crippen molar-refractivity contribution in [3.63, 3.8) is 0 Å². The van der Waals surface area contributed by atoms with Crippen LogP contribution in [0.3, 0.4) is 0 Å². The van der Waals surface area contributed by atoms with Crippen molar-refractivity contribution in [1.29, 1.82) is 0 Å². The van der Waals surface area contributed by atoms with Crippen LogP contribution in [-0.2, 0) is 4.79 Å². The highest BCUT2D eigenvalue weighted by Crippen LogP contribution is 2.30. The Kier molecular flexibility index (Phi) is 3.40. The average Bonchev–Trinajstić information content (AvgIpc) is 3.09. The van der Waals surface area contributed by atoms with Crippen molar-refractivity contribution in [3.8, 4) is 0 Å². The summed E-state index contributed by atoms with van der Waals surface area (Å²) < 4.78 is 2.11. The quantitative estimate of drug-likeness (QED) is 0.778. The number of thiophene rings is 1. The standard InChI is InChI=1S/C16H17N2OS/c1-12(15-9-6-10-20-15)18-14(11-16(19)17(18)2)13-7-4-3-5-8-13/h3-10,14H,11H2,1-2H3/q+1/b18-12-. The van der Waals surface area contributed by atoms with E-state index in [-0.39, 0.29) is 11.9 Å². The van der Waals surface area contributed by atoms with Crippen LogP contribution in [0.25, 0.3) is 0 Å². The normalized spacial score (nSPS) is 21.4. The zero-order valence-electron chi connectivity index (χ0n) is 11.6. The molecular formula is C16H17N2OS+. The molecule has 0 aliphatic carbocycles. The van der Waals surface area contributed by atoms with E-state index < -0.39 is 0 Å². The molecule has 1 aliphatic rings. The van der Waals surface area contributed by atoms with E-state index in [1.165, 1.54) is 10.4 Å². The van der Waals surface area contributed by atoms with Crippen molar-refractivity contribution >= 4 is 23.0 Å². The molecule has 3 rings (SSSR count). The summed E-state index contributed by atoms with van der Waals surface area (Å²) in [6, 6.07) is 14.5. The zero-order valence-corrected chi connectivity index (χ0v) is 12.4. The Morgan fingerprint density at radius 1 is 1.25 bits per heavy atom. The van der Waals surface area contributed by atoms with Gasteiger partial charge in [-0.05, 0) is 11.4 Å². The number of hydrazone groups is 1. The van der Waals surface area contributed by atoms with Crippen molar-refractivity contribution in [2.45, 2.75) is 19.4 Å². The maximum Gasteiger partial charge on any atom is 0.284 e. The first kappa shape index (κ1) is 13.1. The fourth-order valence-electron chi connectivity index (χ4n) is 2.70. The van der Waals surface area contributed by atoms with Crippen molar-refractivity contribution in [1.82, 2.24) is 5.01 Å². The van der Waals surface area contributed by atoms with E-state index in [4.69, 9.17) is 0 Å². The van der Waals surface area contributed by atoms with E-state index in [1.807, 2.05) is 31.3 Å². The maximum atomic E-state index is 12.1. The summed E-state index contributed by atoms with van der Waals surface area (Å²) in [7, 11) is 1.85. The summed E-state index contributed by atoms with van der Waals surface area (Å²) in [5.74, 6) is 0.162. The fourth-order valence-corrected chi connectivity index (χ4v) is 3.43. The Bertz CT molecular complexity index is 646. The van der Waals surface area contributed by atoms with Crippen LogP contribution in [0.2, 0.25) is 0 Å². The van der Waals surface area contributed by atoms with Crippen LogP contribution in [0.4, 0.5) is 0 Å². The van der Waals surface area contributed by atoms with Gasteiger partial charge in [-0.2, -0.15) is 0 Å². The van der Waals surface area contributed by atoms with Gasteiger partial charge in [0.05, 0.1) is 11.9 Å². The molecule has 2 heterocycles. The predicted molar refractivity (Wildman–Crippen MR) is 80.9 cm³/mol. The van der Waals surface area contributed by atoms with Crippen LogP contribution in [0.5, 0.6) is 0 Å². The molecule has 1 fully saturated rings. The van der Waals surface area contributed by atoms with Gasteiger partial charge in [0.1, 0.15) is 6.42 Å². The first-order valence-electron chi connectivity index (χ1n) is 6.66. The van der Waals surface area contributed by atoms with E-state index in [0.717, 1.165) is 5.71 Å². The summed E-state index contributed by atoms with van der Waals surface area (Å²) in [5.41, 5.74) is 2.31. The molecular weight excluding hydrogens is 268 g/mol. The summed E-state index contributed by atoms with van der Waals surface area (Å²) in [4.78, 5) is 13.3. The van der Waals surface area contributed by atoms with Crippen LogP contribution in [-0.4, -0.2) is 28.4 Å². The second-order valence-corrected chi connectivity index (χ2v) is 5.90. The first-order chi connectivity index (χ1) is 9.68. The molecule has 0 N–H and O–H groups in total. The van der Waals surface area contributed by atoms with E-state index in [9.17, 15) is 4.79 Å². The van der Waals surface area contributed by atoms with E-state index in [1.54, 1.807) is 16.3 Å². The first-order valence-corrected chi connectivity index (χ1v) is 7.54. The highest BCUT2D eigenvalue weighted by molar-refractivity contribution is 7.12. The van der Waals surface area contributed by atoms with Crippen LogP contribution >= 0.6 is 11.3 Å². The molecule has 20 heavy (non-hydrogen) atoms. The molecule has 3 nitrogen and oxygen atoms in total. The number of hydrogen-bond acceptors (Lipinski definition) is 2. The largest absolute Gasteiger partial charge is 0.284 e. The van der Waals surface area contributed by atoms with Gasteiger partial charge in [-0.3, -0.25) is 4.79 Å². The van der Waals surface area contributed by atoms with Crippen molar-refractivity contribution in [3.05, 3.63) is 58.3 Å². The number of benzene rings is 1. The van der Waals surface area contributed by atoms with Crippen molar-refractivity contribution < 1.29 is 9.48 Å². The lowest BCUT2D eigenvalue weighted by atomic mass is 10.0. The van der Waals surface area contributed by atoms with E-state index >= 15 is 0 Å². The Balaban J connectivity index is 2.10. The summed E-state index contributed by atoms with van der Waals surface area (Å²) >= 11 is 1.70. The second-order valence-electron chi connectivity index (χ2n) is 4.96. The highest BCUT2D eigenvalue weighted by atomic mass is 32.1. The number of carbonyl (C=O) groups is 1. The molecule has 0 bridgehead atoms. The molecule has 1 atom stereocenters. The van der Waals surface area contributed by atoms with Crippen LogP contribution < -0.4 is 0 Å². The fraction of sp³-hybridized carbons (Fsp3) is 0.250. The van der Waals surface area contributed by atoms with E-state index in [2.05, 4.69) is 35.2 Å². The molecule has 0 radical (unpaired) electrons. The van der Waals surface area contributed by atoms with Gasteiger partial charge in [-0.15, -0.1) is 21.0 Å². The molecule has 0 saturated carbocycles. The predicted octanol–water partition coefficient (Wildman–Crippen LogP) is 3.09. The zero-order chi connectivity index (χ0) is 14.1. The number of hydrogen-bond donors (Lipinski definition) is 0. The molecule has 1 amide bonds. The van der Waals surface area contributed by atoms with Gasteiger partial charge in [0, 0.05) is 12.5 Å². The Morgan fingerprint density at radius 3 is 2.65 bits per heavy atom. The molecule has 1 unspecified atom stereocenters. The summed E-state index contributed by atoms with van der Waals surface area (Å²) in [6.07, 6.45) is 0.531. The lowest BCUT2D eigenvalue weighted by molar-refractivity contribution is -0.683. The van der Waals surface area contributed by atoms with Crippen molar-refractivity contribution in [2.24, 2.45) is 0 Å². The van der Waals surface area contributed by atoms with Gasteiger partial charge in [0.25, 0.3) is 5.91 Å². The summed E-state index contributed by atoms with van der Waals surface area (Å²) in [5, 5.41) is 3.81. The van der Waals surface area contributed by atoms with Gasteiger partial charge in [0.2, 0.25) is 11.8 Å². The smallest absolute Gasteiger partial charge is 0.269 e. The van der Waals surface area contributed by atoms with E-state index in [0.29, 0.717) is 6.42 Å². The lowest BCUT2D eigenvalue weighted by Gasteiger charge is -2.12.